The number of hydrogen-bond acceptors (Lipinski definition) is 3. The van der Waals surface area contributed by atoms with E-state index in [0.717, 1.165) is 16.7 Å². The molecule has 1 aliphatic rings. The summed E-state index contributed by atoms with van der Waals surface area (Å²) in [6, 6.07) is 21.3. The number of rotatable bonds is 5. The van der Waals surface area contributed by atoms with Crippen LogP contribution in [0, 0.1) is 6.92 Å². The largest absolute Gasteiger partial charge is 0.300 e. The number of sulfonamides is 1. The molecule has 0 aromatic heterocycles. The predicted octanol–water partition coefficient (Wildman–Crippen LogP) is 5.96. The molecule has 0 radical (unpaired) electrons. The standard InChI is InChI=1S/C25H22ClNO3S/c1-17-8-11-22(12-9-17)31(29,30)27-24(19-6-4-3-5-7-19)15-20(14-18(2)28)23-13-10-21(26)16-25(23)27/h3-13,15-16,20H,14H2,1-2H3/t20-/m1/s1. The van der Waals surface area contributed by atoms with Crippen LogP contribution in [0.5, 0.6) is 0 Å². The number of hydrogen-bond donors (Lipinski definition) is 0. The second-order valence-corrected chi connectivity index (χ2v) is 9.94. The van der Waals surface area contributed by atoms with E-state index >= 15 is 0 Å². The van der Waals surface area contributed by atoms with E-state index in [1.807, 2.05) is 43.3 Å². The number of halogens is 1. The summed E-state index contributed by atoms with van der Waals surface area (Å²) in [6.07, 6.45) is 2.15. The molecule has 0 fully saturated rings. The molecule has 1 aliphatic heterocycles. The van der Waals surface area contributed by atoms with Gasteiger partial charge in [-0.3, -0.25) is 4.79 Å². The first-order valence-electron chi connectivity index (χ1n) is 9.95. The second kappa shape index (κ2) is 8.33. The van der Waals surface area contributed by atoms with Crippen molar-refractivity contribution in [2.45, 2.75) is 31.1 Å². The van der Waals surface area contributed by atoms with Crippen LogP contribution in [-0.4, -0.2) is 14.2 Å². The Kier molecular flexibility index (Phi) is 5.73. The summed E-state index contributed by atoms with van der Waals surface area (Å²) < 4.78 is 29.1. The molecule has 0 N–H and O–H groups in total. The van der Waals surface area contributed by atoms with Crippen molar-refractivity contribution in [2.24, 2.45) is 0 Å². The summed E-state index contributed by atoms with van der Waals surface area (Å²) in [4.78, 5) is 12.2. The lowest BCUT2D eigenvalue weighted by atomic mass is 9.88. The third-order valence-corrected chi connectivity index (χ3v) is 7.30. The van der Waals surface area contributed by atoms with E-state index < -0.39 is 10.0 Å². The summed E-state index contributed by atoms with van der Waals surface area (Å²) in [7, 11) is -3.94. The van der Waals surface area contributed by atoms with Crippen LogP contribution in [0.3, 0.4) is 0 Å². The van der Waals surface area contributed by atoms with E-state index in [-0.39, 0.29) is 23.0 Å². The fourth-order valence-corrected chi connectivity index (χ4v) is 5.56. The molecule has 1 atom stereocenters. The highest BCUT2D eigenvalue weighted by atomic mass is 35.5. The minimum atomic E-state index is -3.94. The fourth-order valence-electron chi connectivity index (χ4n) is 3.86. The van der Waals surface area contributed by atoms with Gasteiger partial charge in [0.05, 0.1) is 16.3 Å². The Hall–Kier alpha value is -2.89. The molecule has 4 rings (SSSR count). The zero-order valence-electron chi connectivity index (χ0n) is 17.2. The van der Waals surface area contributed by atoms with Gasteiger partial charge in [-0.1, -0.05) is 71.8 Å². The Morgan fingerprint density at radius 3 is 2.32 bits per heavy atom. The molecule has 31 heavy (non-hydrogen) atoms. The van der Waals surface area contributed by atoms with E-state index in [2.05, 4.69) is 0 Å². The van der Waals surface area contributed by atoms with E-state index in [4.69, 9.17) is 11.6 Å². The maximum absolute atomic E-state index is 13.9. The predicted molar refractivity (Wildman–Crippen MR) is 125 cm³/mol. The van der Waals surface area contributed by atoms with Gasteiger partial charge in [0, 0.05) is 17.4 Å². The molecule has 3 aromatic carbocycles. The van der Waals surface area contributed by atoms with Gasteiger partial charge < -0.3 is 0 Å². The van der Waals surface area contributed by atoms with Crippen LogP contribution < -0.4 is 4.31 Å². The van der Waals surface area contributed by atoms with Crippen LogP contribution in [0.4, 0.5) is 5.69 Å². The van der Waals surface area contributed by atoms with Crippen molar-refractivity contribution >= 4 is 38.8 Å². The molecule has 0 saturated carbocycles. The van der Waals surface area contributed by atoms with Crippen molar-refractivity contribution in [2.75, 3.05) is 4.31 Å². The van der Waals surface area contributed by atoms with E-state index in [1.165, 1.54) is 4.31 Å². The highest BCUT2D eigenvalue weighted by molar-refractivity contribution is 7.93. The van der Waals surface area contributed by atoms with Gasteiger partial charge in [-0.2, -0.15) is 0 Å². The monoisotopic (exact) mass is 451 g/mol. The van der Waals surface area contributed by atoms with Gasteiger partial charge in [-0.05, 0) is 49.2 Å². The smallest absolute Gasteiger partial charge is 0.268 e. The molecule has 0 saturated heterocycles. The van der Waals surface area contributed by atoms with Crippen LogP contribution in [0.15, 0.2) is 83.8 Å². The van der Waals surface area contributed by atoms with Gasteiger partial charge in [0.15, 0.2) is 0 Å². The first-order chi connectivity index (χ1) is 14.8. The fraction of sp³-hybridized carbons (Fsp3) is 0.160. The normalized spacial score (nSPS) is 15.9. The minimum absolute atomic E-state index is 0.0319. The molecule has 3 aromatic rings. The zero-order chi connectivity index (χ0) is 22.2. The Morgan fingerprint density at radius 2 is 1.68 bits per heavy atom. The zero-order valence-corrected chi connectivity index (χ0v) is 18.8. The lowest BCUT2D eigenvalue weighted by molar-refractivity contribution is -0.117. The molecule has 158 valence electrons. The van der Waals surface area contributed by atoms with Crippen molar-refractivity contribution < 1.29 is 13.2 Å². The third-order valence-electron chi connectivity index (χ3n) is 5.32. The van der Waals surface area contributed by atoms with Crippen LogP contribution in [0.25, 0.3) is 5.70 Å². The summed E-state index contributed by atoms with van der Waals surface area (Å²) in [6.45, 7) is 3.45. The average Bonchev–Trinajstić information content (AvgIpc) is 2.73. The van der Waals surface area contributed by atoms with E-state index in [1.54, 1.807) is 49.4 Å². The molecule has 0 bridgehead atoms. The SMILES string of the molecule is CC(=O)C[C@@H]1C=C(c2ccccc2)N(S(=O)(=O)c2ccc(C)cc2)c2cc(Cl)ccc21. The van der Waals surface area contributed by atoms with E-state index in [9.17, 15) is 13.2 Å². The second-order valence-electron chi connectivity index (χ2n) is 7.72. The molecule has 0 spiro atoms. The van der Waals surface area contributed by atoms with Gasteiger partial charge in [0.25, 0.3) is 10.0 Å². The highest BCUT2D eigenvalue weighted by Gasteiger charge is 2.36. The van der Waals surface area contributed by atoms with Gasteiger partial charge in [-0.15, -0.1) is 0 Å². The summed E-state index contributed by atoms with van der Waals surface area (Å²) in [5, 5.41) is 0.429. The number of ketones is 1. The van der Waals surface area contributed by atoms with Crippen molar-refractivity contribution in [1.82, 2.24) is 0 Å². The topological polar surface area (TPSA) is 54.5 Å². The number of carbonyl (C=O) groups is 1. The first kappa shape index (κ1) is 21.3. The quantitative estimate of drug-likeness (QED) is 0.480. The Bertz CT molecular complexity index is 1270. The number of anilines is 1. The molecule has 0 aliphatic carbocycles. The van der Waals surface area contributed by atoms with Gasteiger partial charge >= 0.3 is 0 Å². The highest BCUT2D eigenvalue weighted by Crippen LogP contribution is 2.45. The maximum Gasteiger partial charge on any atom is 0.268 e. The Balaban J connectivity index is 1.99. The first-order valence-corrected chi connectivity index (χ1v) is 11.8. The van der Waals surface area contributed by atoms with Crippen LogP contribution in [-0.2, 0) is 14.8 Å². The number of fused-ring (bicyclic) bond motifs is 1. The molecule has 0 unspecified atom stereocenters. The number of Topliss-reactive ketones (excluding diaryl/α,β-unsaturated/α-hetero) is 1. The summed E-state index contributed by atoms with van der Waals surface area (Å²) in [5.41, 5.74) is 3.47. The molecule has 0 amide bonds. The Labute approximate surface area is 187 Å². The third kappa shape index (κ3) is 4.16. The molecule has 6 heteroatoms. The molecular formula is C25H22ClNO3S. The molecule has 1 heterocycles. The van der Waals surface area contributed by atoms with Crippen LogP contribution in [0.1, 0.15) is 36.0 Å². The van der Waals surface area contributed by atoms with Gasteiger partial charge in [0.1, 0.15) is 5.78 Å². The lowest BCUT2D eigenvalue weighted by Gasteiger charge is -2.35. The van der Waals surface area contributed by atoms with Crippen LogP contribution >= 0.6 is 11.6 Å². The van der Waals surface area contributed by atoms with E-state index in [0.29, 0.717) is 16.4 Å². The summed E-state index contributed by atoms with van der Waals surface area (Å²) >= 11 is 6.30. The number of benzene rings is 3. The van der Waals surface area contributed by atoms with Crippen LogP contribution in [0.2, 0.25) is 5.02 Å². The van der Waals surface area contributed by atoms with Crippen molar-refractivity contribution in [3.63, 3.8) is 0 Å². The van der Waals surface area contributed by atoms with Crippen molar-refractivity contribution in [1.29, 1.82) is 0 Å². The molecule has 4 nitrogen and oxygen atoms in total. The van der Waals surface area contributed by atoms with Gasteiger partial charge in [-0.25, -0.2) is 12.7 Å². The number of nitrogens with zero attached hydrogens (tertiary/aromatic N) is 1. The Morgan fingerprint density at radius 1 is 1.00 bits per heavy atom. The van der Waals surface area contributed by atoms with Crippen molar-refractivity contribution in [3.8, 4) is 0 Å². The maximum atomic E-state index is 13.9. The average molecular weight is 452 g/mol. The van der Waals surface area contributed by atoms with Crippen molar-refractivity contribution in [3.05, 3.63) is 101 Å². The summed E-state index contributed by atoms with van der Waals surface area (Å²) in [5.74, 6) is -0.214. The minimum Gasteiger partial charge on any atom is -0.300 e. The number of aryl methyl sites for hydroxylation is 1. The molecular weight excluding hydrogens is 430 g/mol. The number of carbonyl (C=O) groups excluding carboxylic acids is 1. The van der Waals surface area contributed by atoms with Gasteiger partial charge in [0.2, 0.25) is 0 Å². The lowest BCUT2D eigenvalue weighted by Crippen LogP contribution is -2.33. The number of allylic oxidation sites excluding steroid dienone is 1.